The monoisotopic (exact) mass is 290 g/mol. The van der Waals surface area contributed by atoms with E-state index in [1.807, 2.05) is 6.07 Å². The van der Waals surface area contributed by atoms with Gasteiger partial charge in [-0.15, -0.1) is 0 Å². The summed E-state index contributed by atoms with van der Waals surface area (Å²) < 4.78 is 11.4. The molecule has 2 atom stereocenters. The number of fused-ring (bicyclic) bond motifs is 1. The number of ether oxygens (including phenoxy) is 2. The number of benzene rings is 1. The Morgan fingerprint density at radius 3 is 2.90 bits per heavy atom. The predicted octanol–water partition coefficient (Wildman–Crippen LogP) is 1.43. The van der Waals surface area contributed by atoms with Crippen LogP contribution in [0.4, 0.5) is 0 Å². The molecular formula is C16H22N2O3. The molecule has 1 amide bonds. The number of hydrogen-bond donors (Lipinski definition) is 2. The molecule has 0 aliphatic carbocycles. The molecule has 0 aromatic heterocycles. The van der Waals surface area contributed by atoms with E-state index < -0.39 is 0 Å². The molecule has 2 heterocycles. The molecule has 1 fully saturated rings. The Labute approximate surface area is 125 Å². The first-order chi connectivity index (χ1) is 10.3. The fraction of sp³-hybridized carbons (Fsp3) is 0.562. The number of carbonyl (C=O) groups excluding carboxylic acids is 1. The third-order valence-electron chi connectivity index (χ3n) is 4.21. The first-order valence-corrected chi connectivity index (χ1v) is 7.62. The number of carbonyl (C=O) groups is 1. The van der Waals surface area contributed by atoms with E-state index in [2.05, 4.69) is 22.8 Å². The zero-order chi connectivity index (χ0) is 14.7. The minimum atomic E-state index is -0.107. The Kier molecular flexibility index (Phi) is 4.29. The maximum Gasteiger partial charge on any atom is 0.236 e. The van der Waals surface area contributed by atoms with E-state index in [1.54, 1.807) is 7.05 Å². The van der Waals surface area contributed by atoms with Crippen molar-refractivity contribution in [1.82, 2.24) is 10.6 Å². The maximum atomic E-state index is 11.8. The van der Waals surface area contributed by atoms with E-state index in [0.29, 0.717) is 19.1 Å². The smallest absolute Gasteiger partial charge is 0.236 e. The summed E-state index contributed by atoms with van der Waals surface area (Å²) in [5.41, 5.74) is 1.23. The molecule has 21 heavy (non-hydrogen) atoms. The highest BCUT2D eigenvalue weighted by atomic mass is 16.5. The van der Waals surface area contributed by atoms with Crippen molar-refractivity contribution in [3.05, 3.63) is 23.8 Å². The van der Waals surface area contributed by atoms with Gasteiger partial charge in [0.15, 0.2) is 11.5 Å². The molecule has 1 saturated heterocycles. The molecule has 1 aromatic carbocycles. The molecule has 114 valence electrons. The third-order valence-corrected chi connectivity index (χ3v) is 4.21. The molecule has 0 saturated carbocycles. The molecule has 1 aromatic rings. The van der Waals surface area contributed by atoms with Gasteiger partial charge in [-0.3, -0.25) is 4.79 Å². The fourth-order valence-electron chi connectivity index (χ4n) is 3.03. The van der Waals surface area contributed by atoms with Gasteiger partial charge in [-0.1, -0.05) is 6.07 Å². The van der Waals surface area contributed by atoms with Crippen LogP contribution >= 0.6 is 0 Å². The topological polar surface area (TPSA) is 59.6 Å². The van der Waals surface area contributed by atoms with E-state index in [9.17, 15) is 4.79 Å². The van der Waals surface area contributed by atoms with Crippen molar-refractivity contribution < 1.29 is 14.3 Å². The average Bonchev–Trinajstić information content (AvgIpc) is 2.78. The summed E-state index contributed by atoms with van der Waals surface area (Å²) in [6.45, 7) is 2.26. The van der Waals surface area contributed by atoms with Crippen LogP contribution in [0.25, 0.3) is 0 Å². The number of piperidine rings is 1. The molecule has 5 nitrogen and oxygen atoms in total. The molecule has 0 spiro atoms. The normalized spacial score (nSPS) is 25.0. The van der Waals surface area contributed by atoms with Gasteiger partial charge in [-0.05, 0) is 43.0 Å². The molecule has 3 rings (SSSR count). The van der Waals surface area contributed by atoms with E-state index >= 15 is 0 Å². The summed E-state index contributed by atoms with van der Waals surface area (Å²) in [4.78, 5) is 11.8. The zero-order valence-corrected chi connectivity index (χ0v) is 12.4. The highest BCUT2D eigenvalue weighted by Gasteiger charge is 2.27. The van der Waals surface area contributed by atoms with Crippen LogP contribution in [0.3, 0.4) is 0 Å². The lowest BCUT2D eigenvalue weighted by atomic mass is 9.86. The van der Waals surface area contributed by atoms with Gasteiger partial charge in [-0.2, -0.15) is 0 Å². The van der Waals surface area contributed by atoms with Crippen molar-refractivity contribution in [3.8, 4) is 11.5 Å². The summed E-state index contributed by atoms with van der Waals surface area (Å²) in [6.07, 6.45) is 2.77. The minimum Gasteiger partial charge on any atom is -0.490 e. The second kappa shape index (κ2) is 6.35. The molecule has 2 aliphatic rings. The summed E-state index contributed by atoms with van der Waals surface area (Å²) >= 11 is 0. The van der Waals surface area contributed by atoms with Crippen LogP contribution in [0.2, 0.25) is 0 Å². The number of hydrogen-bond acceptors (Lipinski definition) is 4. The van der Waals surface area contributed by atoms with Crippen molar-refractivity contribution in [1.29, 1.82) is 0 Å². The predicted molar refractivity (Wildman–Crippen MR) is 79.9 cm³/mol. The van der Waals surface area contributed by atoms with Gasteiger partial charge in [0, 0.05) is 13.5 Å². The van der Waals surface area contributed by atoms with Crippen LogP contribution in [-0.2, 0) is 4.79 Å². The Morgan fingerprint density at radius 2 is 2.10 bits per heavy atom. The van der Waals surface area contributed by atoms with Gasteiger partial charge in [-0.25, -0.2) is 0 Å². The van der Waals surface area contributed by atoms with Crippen LogP contribution in [0, 0.1) is 0 Å². The van der Waals surface area contributed by atoms with Crippen LogP contribution in [0.15, 0.2) is 18.2 Å². The largest absolute Gasteiger partial charge is 0.490 e. The van der Waals surface area contributed by atoms with E-state index in [1.165, 1.54) is 5.56 Å². The van der Waals surface area contributed by atoms with E-state index in [4.69, 9.17) is 9.47 Å². The number of likely N-dealkylation sites (N-methyl/N-ethyl adjacent to an activating group) is 1. The lowest BCUT2D eigenvalue weighted by Crippen LogP contribution is -2.47. The van der Waals surface area contributed by atoms with E-state index in [0.717, 1.165) is 37.3 Å². The van der Waals surface area contributed by atoms with Crippen LogP contribution < -0.4 is 20.1 Å². The molecule has 0 bridgehead atoms. The standard InChI is InChI=1S/C16H22N2O3/c1-17-16(19)13-9-12(5-6-18-13)11-3-4-14-15(10-11)21-8-2-7-20-14/h3-4,10,12-13,18H,2,5-9H2,1H3,(H,17,19). The fourth-order valence-corrected chi connectivity index (χ4v) is 3.03. The number of nitrogens with one attached hydrogen (secondary N) is 2. The van der Waals surface area contributed by atoms with Crippen molar-refractivity contribution in [2.24, 2.45) is 0 Å². The second-order valence-electron chi connectivity index (χ2n) is 5.60. The zero-order valence-electron chi connectivity index (χ0n) is 12.4. The Balaban J connectivity index is 1.77. The highest BCUT2D eigenvalue weighted by molar-refractivity contribution is 5.81. The third kappa shape index (κ3) is 3.13. The first kappa shape index (κ1) is 14.2. The first-order valence-electron chi connectivity index (χ1n) is 7.62. The number of rotatable bonds is 2. The van der Waals surface area contributed by atoms with Crippen molar-refractivity contribution in [2.45, 2.75) is 31.2 Å². The van der Waals surface area contributed by atoms with Gasteiger partial charge in [0.1, 0.15) is 0 Å². The van der Waals surface area contributed by atoms with Crippen molar-refractivity contribution >= 4 is 5.91 Å². The van der Waals surface area contributed by atoms with Gasteiger partial charge >= 0.3 is 0 Å². The van der Waals surface area contributed by atoms with Gasteiger partial charge in [0.2, 0.25) is 5.91 Å². The molecule has 2 aliphatic heterocycles. The maximum absolute atomic E-state index is 11.8. The molecule has 2 unspecified atom stereocenters. The number of amides is 1. The van der Waals surface area contributed by atoms with Gasteiger partial charge < -0.3 is 20.1 Å². The highest BCUT2D eigenvalue weighted by Crippen LogP contribution is 2.36. The van der Waals surface area contributed by atoms with Crippen molar-refractivity contribution in [3.63, 3.8) is 0 Å². The lowest BCUT2D eigenvalue weighted by molar-refractivity contribution is -0.123. The Bertz CT molecular complexity index is 518. The van der Waals surface area contributed by atoms with Gasteiger partial charge in [0.25, 0.3) is 0 Å². The van der Waals surface area contributed by atoms with Crippen LogP contribution in [0.1, 0.15) is 30.7 Å². The lowest BCUT2D eigenvalue weighted by Gasteiger charge is -2.29. The summed E-state index contributed by atoms with van der Waals surface area (Å²) in [5.74, 6) is 2.10. The Hall–Kier alpha value is -1.75. The van der Waals surface area contributed by atoms with Crippen LogP contribution in [0.5, 0.6) is 11.5 Å². The quantitative estimate of drug-likeness (QED) is 0.865. The second-order valence-corrected chi connectivity index (χ2v) is 5.60. The van der Waals surface area contributed by atoms with Gasteiger partial charge in [0.05, 0.1) is 19.3 Å². The van der Waals surface area contributed by atoms with Crippen molar-refractivity contribution in [2.75, 3.05) is 26.8 Å². The van der Waals surface area contributed by atoms with Crippen LogP contribution in [-0.4, -0.2) is 38.8 Å². The summed E-state index contributed by atoms with van der Waals surface area (Å²) in [7, 11) is 1.68. The Morgan fingerprint density at radius 1 is 1.29 bits per heavy atom. The van der Waals surface area contributed by atoms with E-state index in [-0.39, 0.29) is 11.9 Å². The summed E-state index contributed by atoms with van der Waals surface area (Å²) in [6, 6.07) is 6.07. The molecular weight excluding hydrogens is 268 g/mol. The molecule has 2 N–H and O–H groups in total. The summed E-state index contributed by atoms with van der Waals surface area (Å²) in [5, 5.41) is 5.99. The molecule has 5 heteroatoms. The average molecular weight is 290 g/mol. The SMILES string of the molecule is CNC(=O)C1CC(c2ccc3c(c2)OCCCO3)CCN1. The minimum absolute atomic E-state index is 0.0639. The molecule has 0 radical (unpaired) electrons.